The minimum atomic E-state index is -3.82. The molecule has 172 valence electrons. The molecule has 31 heavy (non-hydrogen) atoms. The third-order valence-electron chi connectivity index (χ3n) is 5.84. The van der Waals surface area contributed by atoms with Gasteiger partial charge in [0.25, 0.3) is 10.1 Å². The lowest BCUT2D eigenvalue weighted by Gasteiger charge is -2.38. The molecule has 1 spiro atoms. The van der Waals surface area contributed by atoms with Gasteiger partial charge in [0.15, 0.2) is 0 Å². The standard InChI is InChI=1S/C22H32N2O6S/c1-16-5-7-18(8-6-16)31(27,28)29-14-9-17-15-22(19(25)23-17)10-12-24(13-11-22)20(26)30-21(2,3)4/h5-8,17H,9-15H2,1-4H3,(H,23,25)/t17-/m0/s1. The first-order chi connectivity index (χ1) is 14.4. The van der Waals surface area contributed by atoms with Gasteiger partial charge in [-0.25, -0.2) is 4.79 Å². The van der Waals surface area contributed by atoms with E-state index >= 15 is 0 Å². The minimum Gasteiger partial charge on any atom is -0.444 e. The number of likely N-dealkylation sites (tertiary alicyclic amines) is 1. The van der Waals surface area contributed by atoms with Gasteiger partial charge in [-0.3, -0.25) is 8.98 Å². The molecule has 0 unspecified atom stereocenters. The molecule has 0 aliphatic carbocycles. The van der Waals surface area contributed by atoms with Crippen LogP contribution in [0.1, 0.15) is 52.0 Å². The van der Waals surface area contributed by atoms with Crippen molar-refractivity contribution in [2.24, 2.45) is 5.41 Å². The van der Waals surface area contributed by atoms with Gasteiger partial charge < -0.3 is 15.0 Å². The molecule has 0 saturated carbocycles. The van der Waals surface area contributed by atoms with Crippen LogP contribution in [0.15, 0.2) is 29.2 Å². The van der Waals surface area contributed by atoms with Crippen LogP contribution in [0.4, 0.5) is 4.79 Å². The fraction of sp³-hybridized carbons (Fsp3) is 0.636. The van der Waals surface area contributed by atoms with E-state index in [9.17, 15) is 18.0 Å². The van der Waals surface area contributed by atoms with E-state index in [1.807, 2.05) is 27.7 Å². The van der Waals surface area contributed by atoms with Crippen LogP contribution in [0.25, 0.3) is 0 Å². The van der Waals surface area contributed by atoms with Crippen molar-refractivity contribution in [3.05, 3.63) is 29.8 Å². The highest BCUT2D eigenvalue weighted by atomic mass is 32.2. The Balaban J connectivity index is 1.49. The molecule has 2 aliphatic rings. The Kier molecular flexibility index (Phi) is 6.67. The Morgan fingerprint density at radius 3 is 2.39 bits per heavy atom. The second kappa shape index (κ2) is 8.78. The van der Waals surface area contributed by atoms with Gasteiger partial charge in [0, 0.05) is 19.1 Å². The summed E-state index contributed by atoms with van der Waals surface area (Å²) in [7, 11) is -3.82. The van der Waals surface area contributed by atoms with Crippen molar-refractivity contribution in [2.45, 2.75) is 69.9 Å². The topological polar surface area (TPSA) is 102 Å². The zero-order valence-corrected chi connectivity index (χ0v) is 19.5. The van der Waals surface area contributed by atoms with Gasteiger partial charge in [0.2, 0.25) is 5.91 Å². The number of ether oxygens (including phenoxy) is 1. The molecule has 1 aromatic rings. The van der Waals surface area contributed by atoms with Crippen LogP contribution >= 0.6 is 0 Å². The molecule has 2 aliphatic heterocycles. The number of aryl methyl sites for hydroxylation is 1. The highest BCUT2D eigenvalue weighted by Gasteiger charge is 2.48. The van der Waals surface area contributed by atoms with Crippen molar-refractivity contribution in [3.63, 3.8) is 0 Å². The molecule has 0 bridgehead atoms. The van der Waals surface area contributed by atoms with Crippen LogP contribution in [0.2, 0.25) is 0 Å². The number of hydrogen-bond acceptors (Lipinski definition) is 6. The lowest BCUT2D eigenvalue weighted by atomic mass is 9.76. The van der Waals surface area contributed by atoms with Gasteiger partial charge >= 0.3 is 6.09 Å². The van der Waals surface area contributed by atoms with E-state index in [-0.39, 0.29) is 29.5 Å². The van der Waals surface area contributed by atoms with E-state index in [0.717, 1.165) is 5.56 Å². The molecule has 9 heteroatoms. The summed E-state index contributed by atoms with van der Waals surface area (Å²) in [5.74, 6) is -0.0252. The Morgan fingerprint density at radius 2 is 1.81 bits per heavy atom. The normalized spacial score (nSPS) is 21.2. The lowest BCUT2D eigenvalue weighted by molar-refractivity contribution is -0.130. The maximum absolute atomic E-state index is 12.7. The van der Waals surface area contributed by atoms with E-state index in [4.69, 9.17) is 8.92 Å². The molecular formula is C22H32N2O6S. The fourth-order valence-corrected chi connectivity index (χ4v) is 5.00. The predicted molar refractivity (Wildman–Crippen MR) is 115 cm³/mol. The number of rotatable bonds is 5. The van der Waals surface area contributed by atoms with Gasteiger partial charge in [-0.1, -0.05) is 17.7 Å². The third-order valence-corrected chi connectivity index (χ3v) is 7.17. The van der Waals surface area contributed by atoms with Gasteiger partial charge in [-0.15, -0.1) is 0 Å². The highest BCUT2D eigenvalue weighted by molar-refractivity contribution is 7.86. The largest absolute Gasteiger partial charge is 0.444 e. The zero-order valence-electron chi connectivity index (χ0n) is 18.6. The molecule has 8 nitrogen and oxygen atoms in total. The average molecular weight is 453 g/mol. The van der Waals surface area contributed by atoms with Crippen molar-refractivity contribution >= 4 is 22.1 Å². The summed E-state index contributed by atoms with van der Waals surface area (Å²) in [6.07, 6.45) is 1.80. The number of benzene rings is 1. The maximum atomic E-state index is 12.7. The quantitative estimate of drug-likeness (QED) is 0.689. The van der Waals surface area contributed by atoms with E-state index in [0.29, 0.717) is 38.8 Å². The van der Waals surface area contributed by atoms with Crippen molar-refractivity contribution in [1.29, 1.82) is 0 Å². The van der Waals surface area contributed by atoms with Crippen molar-refractivity contribution < 1.29 is 26.9 Å². The molecular weight excluding hydrogens is 420 g/mol. The molecule has 2 saturated heterocycles. The minimum absolute atomic E-state index is 0.00126. The zero-order chi connectivity index (χ0) is 22.9. The molecule has 0 radical (unpaired) electrons. The van der Waals surface area contributed by atoms with Crippen molar-refractivity contribution in [2.75, 3.05) is 19.7 Å². The number of carbonyl (C=O) groups is 2. The highest BCUT2D eigenvalue weighted by Crippen LogP contribution is 2.41. The predicted octanol–water partition coefficient (Wildman–Crippen LogP) is 3.00. The fourth-order valence-electron chi connectivity index (χ4n) is 4.08. The van der Waals surface area contributed by atoms with E-state index in [2.05, 4.69) is 5.32 Å². The van der Waals surface area contributed by atoms with Crippen LogP contribution in [0.3, 0.4) is 0 Å². The van der Waals surface area contributed by atoms with E-state index < -0.39 is 21.1 Å². The first kappa shape index (κ1) is 23.5. The second-order valence-electron chi connectivity index (χ2n) is 9.50. The summed E-state index contributed by atoms with van der Waals surface area (Å²) in [5, 5.41) is 2.98. The number of nitrogens with zero attached hydrogens (tertiary/aromatic N) is 1. The van der Waals surface area contributed by atoms with Crippen LogP contribution < -0.4 is 5.32 Å². The smallest absolute Gasteiger partial charge is 0.410 e. The summed E-state index contributed by atoms with van der Waals surface area (Å²) in [4.78, 5) is 26.7. The van der Waals surface area contributed by atoms with Crippen LogP contribution in [-0.2, 0) is 23.8 Å². The molecule has 2 fully saturated rings. The third kappa shape index (κ3) is 5.77. The first-order valence-corrected chi connectivity index (χ1v) is 12.1. The Hall–Kier alpha value is -2.13. The molecule has 1 N–H and O–H groups in total. The summed E-state index contributed by atoms with van der Waals surface area (Å²) in [6.45, 7) is 8.29. The van der Waals surface area contributed by atoms with Gasteiger partial charge in [-0.05, 0) is 65.5 Å². The average Bonchev–Trinajstić information content (AvgIpc) is 2.96. The first-order valence-electron chi connectivity index (χ1n) is 10.7. The number of amides is 2. The van der Waals surface area contributed by atoms with Gasteiger partial charge in [-0.2, -0.15) is 8.42 Å². The molecule has 2 heterocycles. The molecule has 3 rings (SSSR count). The Labute approximate surface area is 184 Å². The Bertz CT molecular complexity index is 912. The van der Waals surface area contributed by atoms with Crippen LogP contribution in [0.5, 0.6) is 0 Å². The molecule has 0 aromatic heterocycles. The SMILES string of the molecule is Cc1ccc(S(=O)(=O)OCC[C@H]2CC3(CCN(C(=O)OC(C)(C)C)CC3)C(=O)N2)cc1. The molecule has 1 aromatic carbocycles. The number of nitrogens with one attached hydrogen (secondary N) is 1. The van der Waals surface area contributed by atoms with Crippen molar-refractivity contribution in [1.82, 2.24) is 10.2 Å². The summed E-state index contributed by atoms with van der Waals surface area (Å²) in [6, 6.07) is 6.35. The monoisotopic (exact) mass is 452 g/mol. The number of carbonyl (C=O) groups excluding carboxylic acids is 2. The summed E-state index contributed by atoms with van der Waals surface area (Å²) in [5.41, 5.74) is -0.101. The summed E-state index contributed by atoms with van der Waals surface area (Å²) < 4.78 is 35.2. The van der Waals surface area contributed by atoms with Gasteiger partial charge in [0.05, 0.1) is 16.9 Å². The van der Waals surface area contributed by atoms with Crippen molar-refractivity contribution in [3.8, 4) is 0 Å². The van der Waals surface area contributed by atoms with E-state index in [1.165, 1.54) is 12.1 Å². The second-order valence-corrected chi connectivity index (χ2v) is 11.1. The Morgan fingerprint density at radius 1 is 1.19 bits per heavy atom. The van der Waals surface area contributed by atoms with E-state index in [1.54, 1.807) is 17.0 Å². The summed E-state index contributed by atoms with van der Waals surface area (Å²) >= 11 is 0. The number of hydrogen-bond donors (Lipinski definition) is 1. The molecule has 1 atom stereocenters. The maximum Gasteiger partial charge on any atom is 0.410 e. The van der Waals surface area contributed by atoms with Gasteiger partial charge in [0.1, 0.15) is 5.60 Å². The molecule has 2 amide bonds. The van der Waals surface area contributed by atoms with Crippen LogP contribution in [-0.4, -0.2) is 56.7 Å². The number of piperidine rings is 1. The lowest BCUT2D eigenvalue weighted by Crippen LogP contribution is -2.47. The van der Waals surface area contributed by atoms with Crippen LogP contribution in [0, 0.1) is 12.3 Å².